The second-order valence-corrected chi connectivity index (χ2v) is 8.59. The number of alkyl carbamates (subject to hydrolysis) is 1. The lowest BCUT2D eigenvalue weighted by Crippen LogP contribution is -2.45. The van der Waals surface area contributed by atoms with E-state index in [9.17, 15) is 14.4 Å². The zero-order valence-electron chi connectivity index (χ0n) is 20.3. The van der Waals surface area contributed by atoms with Gasteiger partial charge in [-0.2, -0.15) is 0 Å². The van der Waals surface area contributed by atoms with Crippen molar-refractivity contribution in [3.8, 4) is 11.1 Å². The van der Waals surface area contributed by atoms with E-state index < -0.39 is 18.0 Å². The smallest absolute Gasteiger partial charge is 0.407 e. The second kappa shape index (κ2) is 14.3. The van der Waals surface area contributed by atoms with Gasteiger partial charge in [-0.1, -0.05) is 91.3 Å². The summed E-state index contributed by atoms with van der Waals surface area (Å²) in [7, 11) is 0. The first kappa shape index (κ1) is 26.5. The van der Waals surface area contributed by atoms with Crippen molar-refractivity contribution in [2.24, 2.45) is 5.73 Å². The lowest BCUT2D eigenvalue weighted by Gasteiger charge is -2.16. The van der Waals surface area contributed by atoms with Crippen molar-refractivity contribution in [3.05, 3.63) is 96.1 Å². The van der Waals surface area contributed by atoms with Crippen LogP contribution in [-0.4, -0.2) is 30.5 Å². The Hall–Kier alpha value is -4.13. The van der Waals surface area contributed by atoms with Crippen LogP contribution < -0.4 is 16.4 Å². The molecule has 188 valence electrons. The monoisotopic (exact) mass is 487 g/mol. The molecule has 3 rings (SSSR count). The van der Waals surface area contributed by atoms with Crippen LogP contribution in [0.25, 0.3) is 11.1 Å². The number of amides is 3. The first-order chi connectivity index (χ1) is 17.5. The molecule has 7 heteroatoms. The number of carbonyl (C=O) groups is 3. The van der Waals surface area contributed by atoms with Crippen LogP contribution in [0.4, 0.5) is 4.79 Å². The van der Waals surface area contributed by atoms with E-state index in [1.54, 1.807) is 0 Å². The molecule has 0 saturated heterocycles. The first-order valence-electron chi connectivity index (χ1n) is 12.2. The molecule has 1 atom stereocenters. The van der Waals surface area contributed by atoms with Gasteiger partial charge in [0.05, 0.1) is 0 Å². The van der Waals surface area contributed by atoms with Crippen molar-refractivity contribution >= 4 is 17.9 Å². The van der Waals surface area contributed by atoms with Gasteiger partial charge < -0.3 is 21.1 Å². The Labute approximate surface area is 212 Å². The van der Waals surface area contributed by atoms with E-state index in [0.717, 1.165) is 35.1 Å². The molecule has 0 bridgehead atoms. The fraction of sp³-hybridized carbons (Fsp3) is 0.276. The van der Waals surface area contributed by atoms with Gasteiger partial charge in [-0.15, -0.1) is 0 Å². The number of hydrogen-bond acceptors (Lipinski definition) is 4. The normalized spacial score (nSPS) is 11.3. The molecule has 7 nitrogen and oxygen atoms in total. The number of benzene rings is 3. The molecule has 0 aliphatic carbocycles. The van der Waals surface area contributed by atoms with Crippen LogP contribution >= 0.6 is 0 Å². The maximum atomic E-state index is 12.3. The number of rotatable bonds is 13. The predicted octanol–water partition coefficient (Wildman–Crippen LogP) is 4.35. The van der Waals surface area contributed by atoms with Gasteiger partial charge in [0.2, 0.25) is 11.8 Å². The Morgan fingerprint density at radius 2 is 1.39 bits per heavy atom. The summed E-state index contributed by atoms with van der Waals surface area (Å²) in [6.45, 7) is 0.698. The number of primary amides is 1. The molecule has 4 N–H and O–H groups in total. The van der Waals surface area contributed by atoms with E-state index in [0.29, 0.717) is 19.4 Å². The van der Waals surface area contributed by atoms with Crippen molar-refractivity contribution in [1.82, 2.24) is 10.6 Å². The van der Waals surface area contributed by atoms with Gasteiger partial charge in [0, 0.05) is 19.4 Å². The van der Waals surface area contributed by atoms with Crippen molar-refractivity contribution in [3.63, 3.8) is 0 Å². The van der Waals surface area contributed by atoms with Gasteiger partial charge in [-0.25, -0.2) is 4.79 Å². The largest absolute Gasteiger partial charge is 0.445 e. The Morgan fingerprint density at radius 1 is 0.750 bits per heavy atom. The zero-order chi connectivity index (χ0) is 25.6. The number of hydrogen-bond donors (Lipinski definition) is 3. The van der Waals surface area contributed by atoms with Crippen LogP contribution in [-0.2, 0) is 27.4 Å². The Kier molecular flexibility index (Phi) is 10.5. The van der Waals surface area contributed by atoms with Crippen LogP contribution in [0.15, 0.2) is 84.9 Å². The van der Waals surface area contributed by atoms with Gasteiger partial charge in [-0.05, 0) is 35.1 Å². The molecule has 3 aromatic carbocycles. The number of unbranched alkanes of at least 4 members (excludes halogenated alkanes) is 2. The van der Waals surface area contributed by atoms with Crippen LogP contribution in [0.1, 0.15) is 36.8 Å². The molecule has 0 aliphatic rings. The lowest BCUT2D eigenvalue weighted by atomic mass is 10.0. The summed E-state index contributed by atoms with van der Waals surface area (Å²) in [5, 5.41) is 5.46. The van der Waals surface area contributed by atoms with E-state index in [1.165, 1.54) is 0 Å². The van der Waals surface area contributed by atoms with Crippen molar-refractivity contribution in [1.29, 1.82) is 0 Å². The standard InChI is InChI=1S/C29H33N3O4/c30-28(34)26(20-22-15-17-25(18-16-22)24-12-6-2-7-13-24)32-27(33)14-8-3-9-19-31-29(35)36-21-23-10-4-1-5-11-23/h1-2,4-7,10-13,15-18,26H,3,8-9,14,19-21H2,(H2,30,34)(H,31,35)(H,32,33)/t26-/m0/s1. The highest BCUT2D eigenvalue weighted by atomic mass is 16.5. The maximum Gasteiger partial charge on any atom is 0.407 e. The Morgan fingerprint density at radius 3 is 2.06 bits per heavy atom. The van der Waals surface area contributed by atoms with Gasteiger partial charge >= 0.3 is 6.09 Å². The summed E-state index contributed by atoms with van der Waals surface area (Å²) in [5.74, 6) is -0.774. The van der Waals surface area contributed by atoms with Crippen molar-refractivity contribution < 1.29 is 19.1 Å². The summed E-state index contributed by atoms with van der Waals surface area (Å²) in [5.41, 5.74) is 9.58. The Balaban J connectivity index is 1.31. The van der Waals surface area contributed by atoms with E-state index in [1.807, 2.05) is 84.9 Å². The quantitative estimate of drug-likeness (QED) is 0.311. The molecule has 0 unspecified atom stereocenters. The van der Waals surface area contributed by atoms with Gasteiger partial charge in [0.15, 0.2) is 0 Å². The minimum atomic E-state index is -0.763. The van der Waals surface area contributed by atoms with Gasteiger partial charge in [0.25, 0.3) is 0 Å². The molecule has 0 spiro atoms. The summed E-state index contributed by atoms with van der Waals surface area (Å²) >= 11 is 0. The SMILES string of the molecule is NC(=O)[C@H](Cc1ccc(-c2ccccc2)cc1)NC(=O)CCCCCNC(=O)OCc1ccccc1. The summed E-state index contributed by atoms with van der Waals surface area (Å²) in [4.78, 5) is 36.0. The van der Waals surface area contributed by atoms with E-state index >= 15 is 0 Å². The molecule has 3 aromatic rings. The molecule has 0 heterocycles. The number of carbonyl (C=O) groups excluding carboxylic acids is 3. The molecule has 0 aromatic heterocycles. The second-order valence-electron chi connectivity index (χ2n) is 8.59. The van der Waals surface area contributed by atoms with E-state index in [2.05, 4.69) is 10.6 Å². The van der Waals surface area contributed by atoms with E-state index in [-0.39, 0.29) is 18.9 Å². The lowest BCUT2D eigenvalue weighted by molar-refractivity contribution is -0.127. The maximum absolute atomic E-state index is 12.3. The highest BCUT2D eigenvalue weighted by Gasteiger charge is 2.18. The minimum Gasteiger partial charge on any atom is -0.445 e. The van der Waals surface area contributed by atoms with E-state index in [4.69, 9.17) is 10.5 Å². The third-order valence-electron chi connectivity index (χ3n) is 5.74. The fourth-order valence-corrected chi connectivity index (χ4v) is 3.74. The van der Waals surface area contributed by atoms with Crippen LogP contribution in [0, 0.1) is 0 Å². The van der Waals surface area contributed by atoms with Crippen molar-refractivity contribution in [2.45, 2.75) is 44.8 Å². The molecule has 0 fully saturated rings. The minimum absolute atomic E-state index is 0.213. The highest BCUT2D eigenvalue weighted by Crippen LogP contribution is 2.19. The third-order valence-corrected chi connectivity index (χ3v) is 5.74. The molecule has 0 saturated carbocycles. The third kappa shape index (κ3) is 9.25. The fourth-order valence-electron chi connectivity index (χ4n) is 3.74. The summed E-state index contributed by atoms with van der Waals surface area (Å²) in [6.07, 6.45) is 2.29. The molecular formula is C29H33N3O4. The first-order valence-corrected chi connectivity index (χ1v) is 12.2. The van der Waals surface area contributed by atoms with Crippen LogP contribution in [0.5, 0.6) is 0 Å². The average Bonchev–Trinajstić information content (AvgIpc) is 2.90. The van der Waals surface area contributed by atoms with Gasteiger partial charge in [-0.3, -0.25) is 9.59 Å². The molecule has 3 amide bonds. The van der Waals surface area contributed by atoms with Gasteiger partial charge in [0.1, 0.15) is 12.6 Å². The molecule has 36 heavy (non-hydrogen) atoms. The molecule has 0 aliphatic heterocycles. The average molecular weight is 488 g/mol. The topological polar surface area (TPSA) is 111 Å². The number of nitrogens with one attached hydrogen (secondary N) is 2. The van der Waals surface area contributed by atoms with Crippen molar-refractivity contribution in [2.75, 3.05) is 6.54 Å². The molecular weight excluding hydrogens is 454 g/mol. The summed E-state index contributed by atoms with van der Waals surface area (Å²) in [6, 6.07) is 26.6. The molecule has 0 radical (unpaired) electrons. The van der Waals surface area contributed by atoms with Crippen LogP contribution in [0.3, 0.4) is 0 Å². The number of nitrogens with two attached hydrogens (primary N) is 1. The number of ether oxygens (including phenoxy) is 1. The Bertz CT molecular complexity index is 1100. The predicted molar refractivity (Wildman–Crippen MR) is 140 cm³/mol. The zero-order valence-corrected chi connectivity index (χ0v) is 20.3. The highest BCUT2D eigenvalue weighted by molar-refractivity contribution is 5.86. The summed E-state index contributed by atoms with van der Waals surface area (Å²) < 4.78 is 5.16. The van der Waals surface area contributed by atoms with Crippen LogP contribution in [0.2, 0.25) is 0 Å².